The predicted molar refractivity (Wildman–Crippen MR) is 126 cm³/mol. The third-order valence-corrected chi connectivity index (χ3v) is 8.52. The molecule has 0 saturated heterocycles. The molecular formula is C24H33ClN2O3S. The van der Waals surface area contributed by atoms with E-state index in [1.165, 1.54) is 16.7 Å². The van der Waals surface area contributed by atoms with Crippen molar-refractivity contribution < 1.29 is 13.5 Å². The Bertz CT molecular complexity index is 955. The van der Waals surface area contributed by atoms with Crippen molar-refractivity contribution in [2.75, 3.05) is 20.7 Å². The molecule has 0 heterocycles. The van der Waals surface area contributed by atoms with Gasteiger partial charge in [-0.25, -0.2) is 8.42 Å². The highest BCUT2D eigenvalue weighted by molar-refractivity contribution is 7.89. The van der Waals surface area contributed by atoms with Crippen molar-refractivity contribution in [3.63, 3.8) is 0 Å². The molecule has 2 N–H and O–H groups in total. The van der Waals surface area contributed by atoms with Crippen LogP contribution >= 0.6 is 11.6 Å². The molecule has 0 aliphatic heterocycles. The van der Waals surface area contributed by atoms with Crippen LogP contribution in [0.15, 0.2) is 47.4 Å². The van der Waals surface area contributed by atoms with Gasteiger partial charge < -0.3 is 10.4 Å². The van der Waals surface area contributed by atoms with Crippen LogP contribution in [0.2, 0.25) is 5.02 Å². The summed E-state index contributed by atoms with van der Waals surface area (Å²) in [7, 11) is 0.123. The molecule has 0 spiro atoms. The van der Waals surface area contributed by atoms with Gasteiger partial charge in [0.15, 0.2) is 0 Å². The van der Waals surface area contributed by atoms with E-state index in [1.807, 2.05) is 7.05 Å². The van der Waals surface area contributed by atoms with Crippen LogP contribution in [0.1, 0.15) is 54.7 Å². The molecule has 2 aromatic carbocycles. The topological polar surface area (TPSA) is 69.6 Å². The standard InChI is InChI=1S/C24H33ClN2O3S/c1-26-17-20-16-18(4-3-15-28)5-14-24(20)19-6-10-22(11-7-19)27(2)31(29,30)23-12-8-21(25)9-13-23/h5,8-9,12-14,16,19,22,26,28H,3-4,6-7,10-11,15,17H2,1-2H3. The van der Waals surface area contributed by atoms with Gasteiger partial charge in [-0.2, -0.15) is 4.31 Å². The van der Waals surface area contributed by atoms with Crippen molar-refractivity contribution in [3.05, 3.63) is 64.2 Å². The summed E-state index contributed by atoms with van der Waals surface area (Å²) in [4.78, 5) is 0.288. The third kappa shape index (κ3) is 5.88. The average molecular weight is 465 g/mol. The highest BCUT2D eigenvalue weighted by Gasteiger charge is 2.32. The Hall–Kier alpha value is -1.44. The SMILES string of the molecule is CNCc1cc(CCCO)ccc1C1CCC(N(C)S(=O)(=O)c2ccc(Cl)cc2)CC1. The lowest BCUT2D eigenvalue weighted by Crippen LogP contribution is -2.39. The molecule has 1 aliphatic carbocycles. The molecule has 0 amide bonds. The molecule has 31 heavy (non-hydrogen) atoms. The van der Waals surface area contributed by atoms with Crippen LogP contribution in [0, 0.1) is 0 Å². The average Bonchev–Trinajstić information content (AvgIpc) is 2.78. The molecule has 0 unspecified atom stereocenters. The maximum atomic E-state index is 13.0. The van der Waals surface area contributed by atoms with E-state index in [9.17, 15) is 8.42 Å². The summed E-state index contributed by atoms with van der Waals surface area (Å²) < 4.78 is 27.6. The molecule has 7 heteroatoms. The molecule has 0 bridgehead atoms. The minimum atomic E-state index is -3.52. The van der Waals surface area contributed by atoms with Crippen LogP contribution in [0.3, 0.4) is 0 Å². The number of nitrogens with zero attached hydrogens (tertiary/aromatic N) is 1. The van der Waals surface area contributed by atoms with Crippen LogP contribution in [0.4, 0.5) is 0 Å². The Morgan fingerprint density at radius 2 is 1.77 bits per heavy atom. The van der Waals surface area contributed by atoms with Crippen LogP contribution in [0.25, 0.3) is 0 Å². The summed E-state index contributed by atoms with van der Waals surface area (Å²) in [6, 6.07) is 13.0. The molecule has 3 rings (SSSR count). The van der Waals surface area contributed by atoms with Gasteiger partial charge in [-0.1, -0.05) is 29.8 Å². The second-order valence-electron chi connectivity index (χ2n) is 8.37. The molecule has 2 aromatic rings. The van der Waals surface area contributed by atoms with E-state index in [4.69, 9.17) is 16.7 Å². The maximum absolute atomic E-state index is 13.0. The number of halogens is 1. The lowest BCUT2D eigenvalue weighted by Gasteiger charge is -2.35. The minimum absolute atomic E-state index is 0.00788. The van der Waals surface area contributed by atoms with Crippen molar-refractivity contribution >= 4 is 21.6 Å². The minimum Gasteiger partial charge on any atom is -0.396 e. The highest BCUT2D eigenvalue weighted by Crippen LogP contribution is 2.37. The maximum Gasteiger partial charge on any atom is 0.243 e. The smallest absolute Gasteiger partial charge is 0.243 e. The number of rotatable bonds is 9. The normalized spacial score (nSPS) is 19.6. The zero-order valence-corrected chi connectivity index (χ0v) is 19.9. The van der Waals surface area contributed by atoms with Gasteiger partial charge in [0.25, 0.3) is 0 Å². The Morgan fingerprint density at radius 3 is 2.39 bits per heavy atom. The molecule has 0 radical (unpaired) electrons. The first-order valence-electron chi connectivity index (χ1n) is 11.0. The van der Waals surface area contributed by atoms with Gasteiger partial charge in [0, 0.05) is 31.3 Å². The number of sulfonamides is 1. The molecule has 0 atom stereocenters. The number of hydrogen-bond acceptors (Lipinski definition) is 4. The number of benzene rings is 2. The van der Waals surface area contributed by atoms with E-state index < -0.39 is 10.0 Å². The van der Waals surface area contributed by atoms with Gasteiger partial charge in [0.2, 0.25) is 10.0 Å². The first-order chi connectivity index (χ1) is 14.9. The number of aliphatic hydroxyl groups excluding tert-OH is 1. The quantitative estimate of drug-likeness (QED) is 0.579. The monoisotopic (exact) mass is 464 g/mol. The highest BCUT2D eigenvalue weighted by atomic mass is 35.5. The fraction of sp³-hybridized carbons (Fsp3) is 0.500. The lowest BCUT2D eigenvalue weighted by molar-refractivity contribution is 0.267. The van der Waals surface area contributed by atoms with Gasteiger partial charge in [0.05, 0.1) is 4.90 Å². The fourth-order valence-corrected chi connectivity index (χ4v) is 6.10. The van der Waals surface area contributed by atoms with Crippen molar-refractivity contribution in [1.29, 1.82) is 0 Å². The zero-order valence-electron chi connectivity index (χ0n) is 18.4. The van der Waals surface area contributed by atoms with Crippen LogP contribution in [0.5, 0.6) is 0 Å². The Kier molecular flexibility index (Phi) is 8.53. The number of nitrogens with one attached hydrogen (secondary N) is 1. The first kappa shape index (κ1) is 24.2. The molecule has 1 saturated carbocycles. The number of hydrogen-bond donors (Lipinski definition) is 2. The van der Waals surface area contributed by atoms with E-state index in [2.05, 4.69) is 23.5 Å². The molecule has 0 aromatic heterocycles. The summed E-state index contributed by atoms with van der Waals surface area (Å²) in [6.07, 6.45) is 5.29. The summed E-state index contributed by atoms with van der Waals surface area (Å²) in [5.74, 6) is 0.443. The third-order valence-electron chi connectivity index (χ3n) is 6.34. The summed E-state index contributed by atoms with van der Waals surface area (Å²) in [6.45, 7) is 1.02. The lowest BCUT2D eigenvalue weighted by atomic mass is 9.79. The molecule has 1 fully saturated rings. The molecular weight excluding hydrogens is 432 g/mol. The van der Waals surface area contributed by atoms with Gasteiger partial charge in [-0.15, -0.1) is 0 Å². The summed E-state index contributed by atoms with van der Waals surface area (Å²) in [5.41, 5.74) is 3.93. The van der Waals surface area contributed by atoms with Crippen molar-refractivity contribution in [2.45, 2.75) is 61.9 Å². The predicted octanol–water partition coefficient (Wildman–Crippen LogP) is 4.33. The van der Waals surface area contributed by atoms with Gasteiger partial charge >= 0.3 is 0 Å². The second kappa shape index (κ2) is 10.9. The van der Waals surface area contributed by atoms with Crippen LogP contribution in [-0.2, 0) is 23.0 Å². The van der Waals surface area contributed by atoms with Crippen molar-refractivity contribution in [2.24, 2.45) is 0 Å². The largest absolute Gasteiger partial charge is 0.396 e. The van der Waals surface area contributed by atoms with E-state index in [0.717, 1.165) is 45.1 Å². The van der Waals surface area contributed by atoms with Gasteiger partial charge in [0.1, 0.15) is 0 Å². The van der Waals surface area contributed by atoms with E-state index in [0.29, 0.717) is 10.9 Å². The molecule has 170 valence electrons. The zero-order chi connectivity index (χ0) is 22.4. The molecule has 1 aliphatic rings. The van der Waals surface area contributed by atoms with Crippen LogP contribution < -0.4 is 5.32 Å². The first-order valence-corrected chi connectivity index (χ1v) is 12.8. The van der Waals surface area contributed by atoms with Crippen LogP contribution in [-0.4, -0.2) is 44.6 Å². The summed E-state index contributed by atoms with van der Waals surface area (Å²) >= 11 is 5.91. The van der Waals surface area contributed by atoms with E-state index in [-0.39, 0.29) is 17.5 Å². The fourth-order valence-electron chi connectivity index (χ4n) is 4.56. The van der Waals surface area contributed by atoms with Gasteiger partial charge in [-0.3, -0.25) is 0 Å². The van der Waals surface area contributed by atoms with E-state index >= 15 is 0 Å². The molecule has 5 nitrogen and oxygen atoms in total. The summed E-state index contributed by atoms with van der Waals surface area (Å²) in [5, 5.41) is 12.9. The van der Waals surface area contributed by atoms with E-state index in [1.54, 1.807) is 35.6 Å². The van der Waals surface area contributed by atoms with Crippen molar-refractivity contribution in [1.82, 2.24) is 9.62 Å². The Morgan fingerprint density at radius 1 is 1.10 bits per heavy atom. The number of aliphatic hydroxyl groups is 1. The second-order valence-corrected chi connectivity index (χ2v) is 10.8. The van der Waals surface area contributed by atoms with Gasteiger partial charge in [-0.05, 0) is 92.4 Å². The Balaban J connectivity index is 1.69. The number of aryl methyl sites for hydroxylation is 1. The van der Waals surface area contributed by atoms with Crippen molar-refractivity contribution in [3.8, 4) is 0 Å². The Labute approximate surface area is 191 Å².